The molecule has 0 aliphatic rings. The molecule has 0 aromatic carbocycles. The van der Waals surface area contributed by atoms with Crippen LogP contribution >= 0.6 is 0 Å². The van der Waals surface area contributed by atoms with Crippen LogP contribution in [0.25, 0.3) is 0 Å². The van der Waals surface area contributed by atoms with E-state index in [4.69, 9.17) is 5.11 Å². The van der Waals surface area contributed by atoms with Crippen molar-refractivity contribution in [1.82, 2.24) is 0 Å². The summed E-state index contributed by atoms with van der Waals surface area (Å²) >= 11 is 0. The second kappa shape index (κ2) is 3.10. The number of carboxylic acid groups (broad SMARTS) is 1. The van der Waals surface area contributed by atoms with Crippen LogP contribution < -0.4 is 0 Å². The third kappa shape index (κ3) is 3.56. The van der Waals surface area contributed by atoms with Gasteiger partial charge in [-0.15, -0.1) is 5.73 Å². The fraction of sp³-hybridized carbons (Fsp3) is 0.429. The van der Waals surface area contributed by atoms with Gasteiger partial charge < -0.3 is 5.11 Å². The first-order chi connectivity index (χ1) is 4.04. The first-order valence-electron chi connectivity index (χ1n) is 2.68. The van der Waals surface area contributed by atoms with E-state index in [9.17, 15) is 4.79 Å². The van der Waals surface area contributed by atoms with Crippen molar-refractivity contribution >= 4 is 5.97 Å². The number of rotatable bonds is 1. The molecule has 0 radical (unpaired) electrons. The van der Waals surface area contributed by atoms with Gasteiger partial charge in [-0.3, -0.25) is 0 Å². The third-order valence-electron chi connectivity index (χ3n) is 0.758. The van der Waals surface area contributed by atoms with Gasteiger partial charge in [0.1, 0.15) is 0 Å². The van der Waals surface area contributed by atoms with Gasteiger partial charge in [0.05, 0.1) is 5.57 Å². The normalized spacial score (nSPS) is 7.89. The van der Waals surface area contributed by atoms with Gasteiger partial charge in [-0.1, -0.05) is 0 Å². The van der Waals surface area contributed by atoms with Crippen LogP contribution in [0.2, 0.25) is 0 Å². The summed E-state index contributed by atoms with van der Waals surface area (Å²) < 4.78 is 0. The molecule has 50 valence electrons. The Bertz CT molecular complexity index is 179. The standard InChI is InChI=1S/C7H10O2/c1-5(2)4-6(3)7(8)9/h1-3H3,(H,8,9). The summed E-state index contributed by atoms with van der Waals surface area (Å²) in [6.07, 6.45) is 0. The Morgan fingerprint density at radius 2 is 1.78 bits per heavy atom. The van der Waals surface area contributed by atoms with Gasteiger partial charge in [-0.2, -0.15) is 0 Å². The third-order valence-corrected chi connectivity index (χ3v) is 0.758. The van der Waals surface area contributed by atoms with Gasteiger partial charge in [-0.25, -0.2) is 4.79 Å². The molecule has 2 nitrogen and oxygen atoms in total. The molecule has 0 aliphatic carbocycles. The molecule has 0 rings (SSSR count). The van der Waals surface area contributed by atoms with Crippen molar-refractivity contribution in [2.24, 2.45) is 0 Å². The van der Waals surface area contributed by atoms with E-state index < -0.39 is 5.97 Å². The molecule has 0 spiro atoms. The Kier molecular flexibility index (Phi) is 2.75. The van der Waals surface area contributed by atoms with Crippen LogP contribution in [0.4, 0.5) is 0 Å². The number of hydrogen-bond acceptors (Lipinski definition) is 1. The molecule has 1 N–H and O–H groups in total. The predicted molar refractivity (Wildman–Crippen MR) is 35.2 cm³/mol. The van der Waals surface area contributed by atoms with E-state index in [0.717, 1.165) is 5.57 Å². The molecule has 0 amide bonds. The van der Waals surface area contributed by atoms with Crippen molar-refractivity contribution in [1.29, 1.82) is 0 Å². The molecule has 2 heteroatoms. The van der Waals surface area contributed by atoms with Crippen molar-refractivity contribution < 1.29 is 9.90 Å². The lowest BCUT2D eigenvalue weighted by molar-refractivity contribution is -0.132. The van der Waals surface area contributed by atoms with E-state index in [-0.39, 0.29) is 5.57 Å². The Labute approximate surface area is 54.5 Å². The number of carbonyl (C=O) groups is 1. The van der Waals surface area contributed by atoms with Crippen LogP contribution in [0.3, 0.4) is 0 Å². The number of carboxylic acids is 1. The van der Waals surface area contributed by atoms with Crippen LogP contribution in [0.1, 0.15) is 20.8 Å². The number of aliphatic carboxylic acids is 1. The van der Waals surface area contributed by atoms with E-state index in [1.165, 1.54) is 6.92 Å². The quantitative estimate of drug-likeness (QED) is 0.428. The fourth-order valence-electron chi connectivity index (χ4n) is 0.428. The van der Waals surface area contributed by atoms with Gasteiger partial charge in [0.15, 0.2) is 0 Å². The molecule has 0 unspecified atom stereocenters. The molecule has 0 aromatic rings. The second-order valence-electron chi connectivity index (χ2n) is 2.06. The average Bonchev–Trinajstić information content (AvgIpc) is 1.63. The maximum Gasteiger partial charge on any atom is 0.339 e. The summed E-state index contributed by atoms with van der Waals surface area (Å²) in [5.41, 5.74) is 3.82. The highest BCUT2D eigenvalue weighted by molar-refractivity contribution is 5.85. The van der Waals surface area contributed by atoms with Gasteiger partial charge in [0.2, 0.25) is 0 Å². The molecular formula is C7H10O2. The van der Waals surface area contributed by atoms with Crippen LogP contribution in [0.15, 0.2) is 16.9 Å². The summed E-state index contributed by atoms with van der Waals surface area (Å²) in [5, 5.41) is 8.32. The molecule has 0 fully saturated rings. The molecule has 0 atom stereocenters. The SMILES string of the molecule is CC(C)=C=C(C)C(=O)O. The zero-order valence-electron chi connectivity index (χ0n) is 5.86. The number of hydrogen-bond donors (Lipinski definition) is 1. The lowest BCUT2D eigenvalue weighted by Gasteiger charge is -1.84. The second-order valence-corrected chi connectivity index (χ2v) is 2.06. The van der Waals surface area contributed by atoms with Gasteiger partial charge in [0, 0.05) is 0 Å². The molecule has 0 saturated carbocycles. The average molecular weight is 126 g/mol. The minimum Gasteiger partial charge on any atom is -0.477 e. The Balaban J connectivity index is 4.55. The summed E-state index contributed by atoms with van der Waals surface area (Å²) in [5.74, 6) is -0.906. The van der Waals surface area contributed by atoms with Crippen LogP contribution in [-0.4, -0.2) is 11.1 Å². The van der Waals surface area contributed by atoms with Crippen molar-refractivity contribution in [3.05, 3.63) is 16.9 Å². The maximum absolute atomic E-state index is 10.1. The van der Waals surface area contributed by atoms with E-state index in [1.54, 1.807) is 0 Å². The van der Waals surface area contributed by atoms with Crippen molar-refractivity contribution in [3.63, 3.8) is 0 Å². The zero-order valence-corrected chi connectivity index (χ0v) is 5.86. The molecule has 0 aromatic heterocycles. The highest BCUT2D eigenvalue weighted by atomic mass is 16.4. The summed E-state index contributed by atoms with van der Waals surface area (Å²) in [6.45, 7) is 5.15. The lowest BCUT2D eigenvalue weighted by Crippen LogP contribution is -1.93. The topological polar surface area (TPSA) is 37.3 Å². The smallest absolute Gasteiger partial charge is 0.339 e. The van der Waals surface area contributed by atoms with E-state index in [2.05, 4.69) is 5.73 Å². The minimum absolute atomic E-state index is 0.259. The molecule has 0 heterocycles. The maximum atomic E-state index is 10.1. The summed E-state index contributed by atoms with van der Waals surface area (Å²) in [7, 11) is 0. The highest BCUT2D eigenvalue weighted by Gasteiger charge is 1.95. The largest absolute Gasteiger partial charge is 0.477 e. The Hall–Kier alpha value is -1.01. The minimum atomic E-state index is -0.906. The van der Waals surface area contributed by atoms with E-state index in [0.29, 0.717) is 0 Å². The Morgan fingerprint density at radius 1 is 1.33 bits per heavy atom. The molecule has 0 saturated heterocycles. The predicted octanol–water partition coefficient (Wildman–Crippen LogP) is 1.58. The zero-order chi connectivity index (χ0) is 7.44. The molecule has 0 bridgehead atoms. The van der Waals surface area contributed by atoms with E-state index >= 15 is 0 Å². The molecular weight excluding hydrogens is 116 g/mol. The van der Waals surface area contributed by atoms with E-state index in [1.807, 2.05) is 13.8 Å². The van der Waals surface area contributed by atoms with Gasteiger partial charge in [-0.05, 0) is 26.3 Å². The highest BCUT2D eigenvalue weighted by Crippen LogP contribution is 1.92. The molecule has 9 heavy (non-hydrogen) atoms. The molecule has 0 aliphatic heterocycles. The first-order valence-corrected chi connectivity index (χ1v) is 2.68. The van der Waals surface area contributed by atoms with Crippen molar-refractivity contribution in [2.75, 3.05) is 0 Å². The summed E-state index contributed by atoms with van der Waals surface area (Å²) in [4.78, 5) is 10.1. The fourth-order valence-corrected chi connectivity index (χ4v) is 0.428. The summed E-state index contributed by atoms with van der Waals surface area (Å²) in [6, 6.07) is 0. The van der Waals surface area contributed by atoms with Crippen molar-refractivity contribution in [2.45, 2.75) is 20.8 Å². The van der Waals surface area contributed by atoms with Crippen LogP contribution in [0, 0.1) is 0 Å². The van der Waals surface area contributed by atoms with Gasteiger partial charge in [0.25, 0.3) is 0 Å². The van der Waals surface area contributed by atoms with Crippen LogP contribution in [-0.2, 0) is 4.79 Å². The Morgan fingerprint density at radius 3 is 1.89 bits per heavy atom. The monoisotopic (exact) mass is 126 g/mol. The van der Waals surface area contributed by atoms with Crippen molar-refractivity contribution in [3.8, 4) is 0 Å². The van der Waals surface area contributed by atoms with Gasteiger partial charge >= 0.3 is 5.97 Å². The lowest BCUT2D eigenvalue weighted by atomic mass is 10.3. The first kappa shape index (κ1) is 7.99. The van der Waals surface area contributed by atoms with Crippen LogP contribution in [0.5, 0.6) is 0 Å².